The third-order valence-corrected chi connectivity index (χ3v) is 8.65. The van der Waals surface area contributed by atoms with Crippen LogP contribution in [0.4, 0.5) is 0 Å². The molecule has 218 valence electrons. The van der Waals surface area contributed by atoms with Gasteiger partial charge in [0.1, 0.15) is 0 Å². The molecule has 0 radical (unpaired) electrons. The molecule has 0 aromatic heterocycles. The fourth-order valence-electron chi connectivity index (χ4n) is 5.94. The Kier molecular flexibility index (Phi) is 13.4. The highest BCUT2D eigenvalue weighted by molar-refractivity contribution is 5.35. The number of hydrogen-bond acceptors (Lipinski definition) is 0. The second kappa shape index (κ2) is 16.0. The van der Waals surface area contributed by atoms with E-state index in [-0.39, 0.29) is 0 Å². The first-order chi connectivity index (χ1) is 18.8. The molecule has 0 heterocycles. The highest BCUT2D eigenvalue weighted by Gasteiger charge is 2.27. The molecule has 2 aliphatic carbocycles. The quantitative estimate of drug-likeness (QED) is 0.217. The average molecular weight is 539 g/mol. The Morgan fingerprint density at radius 2 is 1.57 bits per heavy atom. The van der Waals surface area contributed by atoms with Crippen molar-refractivity contribution in [3.8, 4) is 0 Å². The number of allylic oxidation sites excluding steroid dienone is 20. The van der Waals surface area contributed by atoms with Crippen molar-refractivity contribution in [1.82, 2.24) is 0 Å². The third-order valence-electron chi connectivity index (χ3n) is 8.65. The summed E-state index contributed by atoms with van der Waals surface area (Å²) in [4.78, 5) is 0. The van der Waals surface area contributed by atoms with Gasteiger partial charge in [0, 0.05) is 0 Å². The van der Waals surface area contributed by atoms with E-state index in [2.05, 4.69) is 148 Å². The van der Waals surface area contributed by atoms with Gasteiger partial charge in [0.15, 0.2) is 0 Å². The van der Waals surface area contributed by atoms with E-state index < -0.39 is 0 Å². The van der Waals surface area contributed by atoms with Crippen molar-refractivity contribution < 1.29 is 0 Å². The minimum absolute atomic E-state index is 0.294. The second-order valence-corrected chi connectivity index (χ2v) is 13.6. The van der Waals surface area contributed by atoms with Crippen LogP contribution in [0.1, 0.15) is 114 Å². The standard InChI is InChI=1S/C40H58/c1-31(19-13-21-33(3)25-27-37-35(5)23-15-29-39(37,7)8)17-11-12-18-32(2)20-14-22-34(4)26-28-38-36(6)24-16-30-40(38,9)10/h11-15,17-21,23,26,28,34H,16,22,24-25,27,29-30H2,1-10H3/b12-11+,19-13+,20-14?,28-26+,31-17+,32-18+,33-21+. The van der Waals surface area contributed by atoms with E-state index in [0.717, 1.165) is 25.7 Å². The predicted octanol–water partition coefficient (Wildman–Crippen LogP) is 12.7. The van der Waals surface area contributed by atoms with Gasteiger partial charge >= 0.3 is 0 Å². The molecule has 0 saturated heterocycles. The van der Waals surface area contributed by atoms with Gasteiger partial charge in [-0.25, -0.2) is 0 Å². The molecule has 0 nitrogen and oxygen atoms in total. The summed E-state index contributed by atoms with van der Waals surface area (Å²) in [6, 6.07) is 0. The molecule has 0 fully saturated rings. The lowest BCUT2D eigenvalue weighted by molar-refractivity contribution is 0.376. The monoisotopic (exact) mass is 538 g/mol. The Bertz CT molecular complexity index is 1150. The highest BCUT2D eigenvalue weighted by Crippen LogP contribution is 2.41. The first kappa shape index (κ1) is 33.6. The molecule has 0 amide bonds. The smallest absolute Gasteiger partial charge is 0.0104 e. The molecule has 2 rings (SSSR count). The minimum Gasteiger partial charge on any atom is -0.0837 e. The molecule has 0 bridgehead atoms. The molecule has 40 heavy (non-hydrogen) atoms. The van der Waals surface area contributed by atoms with E-state index >= 15 is 0 Å². The van der Waals surface area contributed by atoms with Crippen LogP contribution in [0.3, 0.4) is 0 Å². The van der Waals surface area contributed by atoms with Crippen LogP contribution in [0.5, 0.6) is 0 Å². The first-order valence-electron chi connectivity index (χ1n) is 15.6. The average Bonchev–Trinajstić information content (AvgIpc) is 2.85. The molecule has 0 aromatic rings. The van der Waals surface area contributed by atoms with Gasteiger partial charge in [-0.05, 0) is 102 Å². The summed E-state index contributed by atoms with van der Waals surface area (Å²) in [7, 11) is 0. The number of hydrogen-bond donors (Lipinski definition) is 0. The maximum absolute atomic E-state index is 2.41. The summed E-state index contributed by atoms with van der Waals surface area (Å²) >= 11 is 0. The van der Waals surface area contributed by atoms with Gasteiger partial charge < -0.3 is 0 Å². The minimum atomic E-state index is 0.294. The highest BCUT2D eigenvalue weighted by atomic mass is 14.3. The molecule has 0 heteroatoms. The fourth-order valence-corrected chi connectivity index (χ4v) is 5.94. The van der Waals surface area contributed by atoms with Gasteiger partial charge in [0.05, 0.1) is 0 Å². The Labute approximate surface area is 248 Å². The Balaban J connectivity index is 1.80. The van der Waals surface area contributed by atoms with Crippen LogP contribution in [0.2, 0.25) is 0 Å². The van der Waals surface area contributed by atoms with Gasteiger partial charge in [-0.15, -0.1) is 0 Å². The molecular weight excluding hydrogens is 480 g/mol. The van der Waals surface area contributed by atoms with Gasteiger partial charge in [-0.3, -0.25) is 0 Å². The Morgan fingerprint density at radius 3 is 2.23 bits per heavy atom. The molecule has 0 N–H and O–H groups in total. The molecule has 1 unspecified atom stereocenters. The summed E-state index contributed by atoms with van der Waals surface area (Å²) < 4.78 is 0. The molecule has 2 aliphatic rings. The van der Waals surface area contributed by atoms with E-state index in [1.54, 1.807) is 16.7 Å². The van der Waals surface area contributed by atoms with Gasteiger partial charge in [-0.1, -0.05) is 147 Å². The van der Waals surface area contributed by atoms with Crippen molar-refractivity contribution in [2.24, 2.45) is 16.7 Å². The second-order valence-electron chi connectivity index (χ2n) is 13.6. The molecule has 0 spiro atoms. The topological polar surface area (TPSA) is 0 Å². The number of rotatable bonds is 12. The summed E-state index contributed by atoms with van der Waals surface area (Å²) in [5.74, 6) is 0.546. The maximum Gasteiger partial charge on any atom is -0.0104 e. The van der Waals surface area contributed by atoms with Crippen molar-refractivity contribution in [3.63, 3.8) is 0 Å². The van der Waals surface area contributed by atoms with Crippen LogP contribution in [0.25, 0.3) is 0 Å². The SMILES string of the molecule is CC1=C(CC/C(C)=C/C=C/C(C)=C/C=C/C=C(\C)C=CCC(C)/C=C/C2=C(C)CCCC2(C)C)C(C)(C)CC=C1. The first-order valence-corrected chi connectivity index (χ1v) is 15.6. The van der Waals surface area contributed by atoms with Crippen LogP contribution >= 0.6 is 0 Å². The van der Waals surface area contributed by atoms with Crippen LogP contribution in [-0.2, 0) is 0 Å². The molecule has 1 atom stereocenters. The van der Waals surface area contributed by atoms with Gasteiger partial charge in [0.2, 0.25) is 0 Å². The third kappa shape index (κ3) is 11.5. The zero-order valence-corrected chi connectivity index (χ0v) is 27.5. The lowest BCUT2D eigenvalue weighted by atomic mass is 9.72. The maximum atomic E-state index is 2.41. The predicted molar refractivity (Wildman–Crippen MR) is 181 cm³/mol. The van der Waals surface area contributed by atoms with Crippen molar-refractivity contribution >= 4 is 0 Å². The van der Waals surface area contributed by atoms with Gasteiger partial charge in [-0.2, -0.15) is 0 Å². The fraction of sp³-hybridized carbons (Fsp3) is 0.500. The Morgan fingerprint density at radius 1 is 0.900 bits per heavy atom. The molecule has 0 aliphatic heterocycles. The Hall–Kier alpha value is -2.60. The van der Waals surface area contributed by atoms with Crippen molar-refractivity contribution in [2.75, 3.05) is 0 Å². The van der Waals surface area contributed by atoms with Crippen LogP contribution in [-0.4, -0.2) is 0 Å². The summed E-state index contributed by atoms with van der Waals surface area (Å²) in [5.41, 5.74) is 10.8. The zero-order chi connectivity index (χ0) is 29.8. The normalized spacial score (nSPS) is 21.7. The largest absolute Gasteiger partial charge is 0.0837 e. The van der Waals surface area contributed by atoms with Crippen molar-refractivity contribution in [3.05, 3.63) is 118 Å². The summed E-state index contributed by atoms with van der Waals surface area (Å²) in [5, 5.41) is 0. The van der Waals surface area contributed by atoms with Crippen LogP contribution in [0.15, 0.2) is 118 Å². The molecule has 0 saturated carbocycles. The zero-order valence-electron chi connectivity index (χ0n) is 27.5. The molecule has 0 aromatic carbocycles. The van der Waals surface area contributed by atoms with Crippen LogP contribution < -0.4 is 0 Å². The van der Waals surface area contributed by atoms with Gasteiger partial charge in [0.25, 0.3) is 0 Å². The van der Waals surface area contributed by atoms with E-state index in [9.17, 15) is 0 Å². The van der Waals surface area contributed by atoms with Crippen molar-refractivity contribution in [1.29, 1.82) is 0 Å². The van der Waals surface area contributed by atoms with Crippen molar-refractivity contribution in [2.45, 2.75) is 114 Å². The molecular formula is C40H58. The van der Waals surface area contributed by atoms with E-state index in [4.69, 9.17) is 0 Å². The van der Waals surface area contributed by atoms with E-state index in [1.807, 2.05) is 0 Å². The van der Waals surface area contributed by atoms with E-state index in [1.165, 1.54) is 41.6 Å². The van der Waals surface area contributed by atoms with E-state index in [0.29, 0.717) is 16.7 Å². The summed E-state index contributed by atoms with van der Waals surface area (Å²) in [6.45, 7) is 23.0. The lowest BCUT2D eigenvalue weighted by Gasteiger charge is -2.33. The summed E-state index contributed by atoms with van der Waals surface area (Å²) in [6.07, 6.45) is 37.7. The van der Waals surface area contributed by atoms with Crippen LogP contribution in [0, 0.1) is 16.7 Å². The lowest BCUT2D eigenvalue weighted by Crippen LogP contribution is -2.19.